The maximum atomic E-state index is 12.7. The second-order valence-electron chi connectivity index (χ2n) is 6.71. The van der Waals surface area contributed by atoms with Gasteiger partial charge in [-0.05, 0) is 18.1 Å². The van der Waals surface area contributed by atoms with Crippen molar-refractivity contribution in [1.82, 2.24) is 9.80 Å². The van der Waals surface area contributed by atoms with Gasteiger partial charge >= 0.3 is 0 Å². The van der Waals surface area contributed by atoms with Crippen molar-refractivity contribution in [2.45, 2.75) is 24.9 Å². The fourth-order valence-electron chi connectivity index (χ4n) is 3.80. The molecule has 2 saturated heterocycles. The first-order chi connectivity index (χ1) is 12.7. The number of carbonyl (C=O) groups is 1. The van der Waals surface area contributed by atoms with E-state index in [1.54, 1.807) is 4.90 Å². The fraction of sp³-hybridized carbons (Fsp3) is 0.500. The number of amides is 1. The molecule has 26 heavy (non-hydrogen) atoms. The predicted molar refractivity (Wildman–Crippen MR) is 98.3 cm³/mol. The van der Waals surface area contributed by atoms with Crippen molar-refractivity contribution in [1.29, 1.82) is 5.26 Å². The van der Waals surface area contributed by atoms with Crippen LogP contribution in [-0.4, -0.2) is 72.4 Å². The van der Waals surface area contributed by atoms with Gasteiger partial charge in [0.15, 0.2) is 0 Å². The van der Waals surface area contributed by atoms with Crippen LogP contribution in [0.3, 0.4) is 0 Å². The van der Waals surface area contributed by atoms with Crippen molar-refractivity contribution in [3.05, 3.63) is 41.5 Å². The third-order valence-corrected chi connectivity index (χ3v) is 5.16. The Morgan fingerprint density at radius 1 is 1.35 bits per heavy atom. The highest BCUT2D eigenvalue weighted by atomic mass is 16.5. The Morgan fingerprint density at radius 3 is 2.62 bits per heavy atom. The zero-order valence-electron chi connectivity index (χ0n) is 15.0. The number of aliphatic hydroxyl groups excluding tert-OH is 1. The molecule has 3 atom stereocenters. The smallest absolute Gasteiger partial charge is 0.238 e. The number of likely N-dealkylation sites (tertiary alicyclic amines) is 1. The van der Waals surface area contributed by atoms with Crippen LogP contribution in [0.25, 0.3) is 6.08 Å². The van der Waals surface area contributed by atoms with Gasteiger partial charge in [0.2, 0.25) is 5.91 Å². The minimum Gasteiger partial charge on any atom is -0.394 e. The number of morpholine rings is 1. The molecule has 2 heterocycles. The Bertz CT molecular complexity index is 689. The van der Waals surface area contributed by atoms with E-state index < -0.39 is 6.04 Å². The normalized spacial score (nSPS) is 26.5. The quantitative estimate of drug-likeness (QED) is 0.860. The summed E-state index contributed by atoms with van der Waals surface area (Å²) in [7, 11) is 0. The molecule has 1 aromatic rings. The molecule has 0 unspecified atom stereocenters. The van der Waals surface area contributed by atoms with E-state index in [-0.39, 0.29) is 31.0 Å². The van der Waals surface area contributed by atoms with E-state index in [4.69, 9.17) is 4.74 Å². The Labute approximate surface area is 154 Å². The van der Waals surface area contributed by atoms with Crippen LogP contribution in [0.4, 0.5) is 0 Å². The molecule has 0 bridgehead atoms. The summed E-state index contributed by atoms with van der Waals surface area (Å²) in [6.45, 7) is 4.77. The number of hydrogen-bond acceptors (Lipinski definition) is 5. The number of nitrogens with zero attached hydrogens (tertiary/aromatic N) is 3. The molecule has 6 nitrogen and oxygen atoms in total. The van der Waals surface area contributed by atoms with E-state index in [0.29, 0.717) is 13.2 Å². The van der Waals surface area contributed by atoms with Crippen molar-refractivity contribution < 1.29 is 14.6 Å². The van der Waals surface area contributed by atoms with Gasteiger partial charge < -0.3 is 14.7 Å². The SMILES string of the molecule is CC=Cc1ccc([C@@H]2[C@@H](CO)N(C(=O)CN3CCOCC3)[C@H]2C#N)cc1. The minimum absolute atomic E-state index is 0.0979. The lowest BCUT2D eigenvalue weighted by atomic mass is 9.75. The molecule has 138 valence electrons. The summed E-state index contributed by atoms with van der Waals surface area (Å²) in [4.78, 5) is 16.3. The third kappa shape index (κ3) is 3.65. The Hall–Kier alpha value is -2.20. The van der Waals surface area contributed by atoms with Crippen LogP contribution in [0.2, 0.25) is 0 Å². The van der Waals surface area contributed by atoms with Gasteiger partial charge in [-0.25, -0.2) is 0 Å². The van der Waals surface area contributed by atoms with Crippen molar-refractivity contribution >= 4 is 12.0 Å². The van der Waals surface area contributed by atoms with Crippen LogP contribution in [0, 0.1) is 11.3 Å². The summed E-state index contributed by atoms with van der Waals surface area (Å²) < 4.78 is 5.30. The second kappa shape index (κ2) is 8.45. The average molecular weight is 355 g/mol. The Morgan fingerprint density at radius 2 is 2.04 bits per heavy atom. The number of rotatable bonds is 5. The molecule has 0 spiro atoms. The maximum Gasteiger partial charge on any atom is 0.238 e. The fourth-order valence-corrected chi connectivity index (χ4v) is 3.80. The van der Waals surface area contributed by atoms with Crippen molar-refractivity contribution in [3.8, 4) is 6.07 Å². The molecule has 0 saturated carbocycles. The van der Waals surface area contributed by atoms with Crippen LogP contribution < -0.4 is 0 Å². The molecule has 1 amide bonds. The number of carbonyl (C=O) groups excluding carboxylic acids is 1. The first-order valence-electron chi connectivity index (χ1n) is 9.04. The van der Waals surface area contributed by atoms with Gasteiger partial charge in [0.05, 0.1) is 38.5 Å². The van der Waals surface area contributed by atoms with Gasteiger partial charge in [-0.2, -0.15) is 5.26 Å². The van der Waals surface area contributed by atoms with Gasteiger partial charge in [0.25, 0.3) is 0 Å². The number of nitriles is 1. The summed E-state index contributed by atoms with van der Waals surface area (Å²) in [6, 6.07) is 9.34. The highest BCUT2D eigenvalue weighted by molar-refractivity contribution is 5.81. The van der Waals surface area contributed by atoms with Crippen molar-refractivity contribution in [3.63, 3.8) is 0 Å². The van der Waals surface area contributed by atoms with Crippen LogP contribution in [-0.2, 0) is 9.53 Å². The molecule has 0 radical (unpaired) electrons. The number of ether oxygens (including phenoxy) is 1. The van der Waals surface area contributed by atoms with Gasteiger partial charge in [0.1, 0.15) is 6.04 Å². The first-order valence-corrected chi connectivity index (χ1v) is 9.04. The first kappa shape index (κ1) is 18.6. The Kier molecular flexibility index (Phi) is 6.04. The zero-order chi connectivity index (χ0) is 18.5. The molecule has 0 aliphatic carbocycles. The van der Waals surface area contributed by atoms with E-state index >= 15 is 0 Å². The van der Waals surface area contributed by atoms with E-state index in [9.17, 15) is 15.2 Å². The van der Waals surface area contributed by atoms with Crippen molar-refractivity contribution in [2.75, 3.05) is 39.5 Å². The summed E-state index contributed by atoms with van der Waals surface area (Å²) >= 11 is 0. The second-order valence-corrected chi connectivity index (χ2v) is 6.71. The molecule has 3 rings (SSSR count). The highest BCUT2D eigenvalue weighted by Crippen LogP contribution is 2.40. The number of benzene rings is 1. The molecule has 0 aromatic heterocycles. The van der Waals surface area contributed by atoms with Gasteiger partial charge in [-0.15, -0.1) is 0 Å². The standard InChI is InChI=1S/C20H25N3O3/c1-2-3-15-4-6-16(7-5-15)20-17(12-21)23(18(20)14-24)19(25)13-22-8-10-26-11-9-22/h2-7,17-18,20,24H,8-11,13-14H2,1H3/t17-,18+,20-/m0/s1. The summed E-state index contributed by atoms with van der Waals surface area (Å²) in [5.41, 5.74) is 2.07. The summed E-state index contributed by atoms with van der Waals surface area (Å²) in [6.07, 6.45) is 3.98. The number of allylic oxidation sites excluding steroid dienone is 1. The van der Waals surface area contributed by atoms with Crippen LogP contribution in [0.5, 0.6) is 0 Å². The lowest BCUT2D eigenvalue weighted by molar-refractivity contribution is -0.149. The van der Waals surface area contributed by atoms with E-state index in [0.717, 1.165) is 24.2 Å². The zero-order valence-corrected chi connectivity index (χ0v) is 15.0. The van der Waals surface area contributed by atoms with E-state index in [2.05, 4.69) is 6.07 Å². The van der Waals surface area contributed by atoms with Gasteiger partial charge in [0, 0.05) is 19.0 Å². The molecule has 2 fully saturated rings. The summed E-state index contributed by atoms with van der Waals surface area (Å²) in [5.74, 6) is -0.252. The molecular formula is C20H25N3O3. The van der Waals surface area contributed by atoms with E-state index in [1.807, 2.05) is 48.2 Å². The maximum absolute atomic E-state index is 12.7. The van der Waals surface area contributed by atoms with E-state index in [1.165, 1.54) is 0 Å². The van der Waals surface area contributed by atoms with Crippen LogP contribution in [0.1, 0.15) is 24.0 Å². The molecule has 6 heteroatoms. The molecular weight excluding hydrogens is 330 g/mol. The Balaban J connectivity index is 1.72. The molecule has 2 aliphatic rings. The topological polar surface area (TPSA) is 76.8 Å². The monoisotopic (exact) mass is 355 g/mol. The molecule has 1 aromatic carbocycles. The summed E-state index contributed by atoms with van der Waals surface area (Å²) in [5, 5.41) is 19.5. The van der Waals surface area contributed by atoms with Crippen LogP contribution >= 0.6 is 0 Å². The predicted octanol–water partition coefficient (Wildman–Crippen LogP) is 1.23. The number of aliphatic hydroxyl groups is 1. The van der Waals surface area contributed by atoms with Crippen molar-refractivity contribution in [2.24, 2.45) is 0 Å². The minimum atomic E-state index is -0.534. The highest BCUT2D eigenvalue weighted by Gasteiger charge is 2.51. The molecule has 1 N–H and O–H groups in total. The van der Waals surface area contributed by atoms with Gasteiger partial charge in [-0.1, -0.05) is 36.4 Å². The lowest BCUT2D eigenvalue weighted by Crippen LogP contribution is -2.66. The third-order valence-electron chi connectivity index (χ3n) is 5.16. The van der Waals surface area contributed by atoms with Gasteiger partial charge in [-0.3, -0.25) is 9.69 Å². The lowest BCUT2D eigenvalue weighted by Gasteiger charge is -2.52. The largest absolute Gasteiger partial charge is 0.394 e. The number of hydrogen-bond donors (Lipinski definition) is 1. The van der Waals surface area contributed by atoms with Crippen LogP contribution in [0.15, 0.2) is 30.3 Å². The molecule has 2 aliphatic heterocycles. The average Bonchev–Trinajstić information content (AvgIpc) is 2.64.